The van der Waals surface area contributed by atoms with Crippen LogP contribution < -0.4 is 5.43 Å². The van der Waals surface area contributed by atoms with E-state index >= 15 is 0 Å². The van der Waals surface area contributed by atoms with E-state index in [1.165, 1.54) is 0 Å². The Morgan fingerprint density at radius 2 is 2.00 bits per heavy atom. The van der Waals surface area contributed by atoms with E-state index in [0.717, 1.165) is 5.71 Å². The van der Waals surface area contributed by atoms with E-state index < -0.39 is 0 Å². The Morgan fingerprint density at radius 3 is 2.11 bits per heavy atom. The lowest BCUT2D eigenvalue weighted by atomic mass is 10.4. The third-order valence-corrected chi connectivity index (χ3v) is 0.584. The Hall–Kier alpha value is -0.790. The summed E-state index contributed by atoms with van der Waals surface area (Å²) in [5.41, 5.74) is 3.54. The Labute approximate surface area is 57.7 Å². The summed E-state index contributed by atoms with van der Waals surface area (Å²) in [7, 11) is 1.76. The van der Waals surface area contributed by atoms with Gasteiger partial charge in [0, 0.05) is 7.05 Å². The van der Waals surface area contributed by atoms with E-state index in [2.05, 4.69) is 17.1 Å². The molecule has 0 heterocycles. The highest BCUT2D eigenvalue weighted by atomic mass is 15.3. The zero-order valence-corrected chi connectivity index (χ0v) is 6.73. The summed E-state index contributed by atoms with van der Waals surface area (Å²) >= 11 is 0. The molecule has 0 aromatic carbocycles. The number of allylic oxidation sites excluding steroid dienone is 1. The fraction of sp³-hybridized carbons (Fsp3) is 0.571. The van der Waals surface area contributed by atoms with E-state index in [-0.39, 0.29) is 0 Å². The maximum absolute atomic E-state index is 3.79. The van der Waals surface area contributed by atoms with Crippen LogP contribution in [0.2, 0.25) is 0 Å². The van der Waals surface area contributed by atoms with Crippen LogP contribution in [0.25, 0.3) is 0 Å². The lowest BCUT2D eigenvalue weighted by Gasteiger charge is -1.86. The first-order chi connectivity index (χ1) is 4.31. The molecule has 54 valence electrons. The molecule has 0 aromatic heterocycles. The maximum atomic E-state index is 3.79. The topological polar surface area (TPSA) is 24.4 Å². The Kier molecular flexibility index (Phi) is 12.6. The summed E-state index contributed by atoms with van der Waals surface area (Å²) < 4.78 is 0. The zero-order valence-electron chi connectivity index (χ0n) is 6.73. The highest BCUT2D eigenvalue weighted by Crippen LogP contribution is 1.70. The largest absolute Gasteiger partial charge is 0.313 e. The van der Waals surface area contributed by atoms with Gasteiger partial charge in [-0.05, 0) is 13.0 Å². The minimum Gasteiger partial charge on any atom is -0.313 e. The summed E-state index contributed by atoms with van der Waals surface area (Å²) in [5, 5.41) is 3.79. The molecule has 0 fully saturated rings. The molecule has 0 amide bonds. The molecule has 0 rings (SSSR count). The average Bonchev–Trinajstić information content (AvgIpc) is 1.93. The van der Waals surface area contributed by atoms with Crippen LogP contribution >= 0.6 is 0 Å². The van der Waals surface area contributed by atoms with Gasteiger partial charge >= 0.3 is 0 Å². The molecule has 0 spiro atoms. The molecule has 2 nitrogen and oxygen atoms in total. The van der Waals surface area contributed by atoms with Crippen molar-refractivity contribution in [1.82, 2.24) is 5.43 Å². The van der Waals surface area contributed by atoms with Gasteiger partial charge in [0.2, 0.25) is 0 Å². The first-order valence-corrected chi connectivity index (χ1v) is 3.14. The van der Waals surface area contributed by atoms with Crippen molar-refractivity contribution >= 4 is 5.71 Å². The van der Waals surface area contributed by atoms with Gasteiger partial charge in [0.05, 0.1) is 5.71 Å². The molecule has 9 heavy (non-hydrogen) atoms. The van der Waals surface area contributed by atoms with Crippen LogP contribution in [0, 0.1) is 0 Å². The monoisotopic (exact) mass is 128 g/mol. The molecule has 0 aliphatic rings. The molecule has 0 bridgehead atoms. The van der Waals surface area contributed by atoms with Gasteiger partial charge in [-0.15, -0.1) is 0 Å². The van der Waals surface area contributed by atoms with Gasteiger partial charge in [0.1, 0.15) is 0 Å². The second kappa shape index (κ2) is 10.2. The summed E-state index contributed by atoms with van der Waals surface area (Å²) in [6.07, 6.45) is 1.69. The molecule has 0 atom stereocenters. The summed E-state index contributed by atoms with van der Waals surface area (Å²) in [4.78, 5) is 0. The van der Waals surface area contributed by atoms with Crippen LogP contribution in [0.3, 0.4) is 0 Å². The maximum Gasteiger partial charge on any atom is 0.0566 e. The summed E-state index contributed by atoms with van der Waals surface area (Å²) in [6, 6.07) is 0. The smallest absolute Gasteiger partial charge is 0.0566 e. The van der Waals surface area contributed by atoms with Crippen molar-refractivity contribution in [3.05, 3.63) is 12.7 Å². The second-order valence-corrected chi connectivity index (χ2v) is 1.18. The van der Waals surface area contributed by atoms with Gasteiger partial charge in [-0.3, -0.25) is 0 Å². The second-order valence-electron chi connectivity index (χ2n) is 1.18. The highest BCUT2D eigenvalue weighted by molar-refractivity contribution is 5.91. The molecule has 0 unspecified atom stereocenters. The molecule has 2 heteroatoms. The molecule has 0 aliphatic heterocycles. The fourth-order valence-electron chi connectivity index (χ4n) is 0.222. The van der Waals surface area contributed by atoms with E-state index in [0.29, 0.717) is 0 Å². The predicted molar refractivity (Wildman–Crippen MR) is 43.7 cm³/mol. The van der Waals surface area contributed by atoms with Crippen molar-refractivity contribution in [2.45, 2.75) is 20.8 Å². The molecule has 0 aromatic rings. The third kappa shape index (κ3) is 11.0. The van der Waals surface area contributed by atoms with E-state index in [9.17, 15) is 0 Å². The van der Waals surface area contributed by atoms with Crippen LogP contribution in [-0.4, -0.2) is 12.8 Å². The van der Waals surface area contributed by atoms with E-state index in [1.54, 1.807) is 13.1 Å². The number of rotatable bonds is 2. The molecule has 0 saturated heterocycles. The molecule has 0 saturated carbocycles. The minimum atomic E-state index is 0.905. The van der Waals surface area contributed by atoms with Crippen molar-refractivity contribution in [1.29, 1.82) is 0 Å². The van der Waals surface area contributed by atoms with Crippen LogP contribution in [0.1, 0.15) is 20.8 Å². The zero-order chi connectivity index (χ0) is 7.70. The Balaban J connectivity index is 0. The Bertz CT molecular complexity index is 84.9. The van der Waals surface area contributed by atoms with Gasteiger partial charge in [-0.1, -0.05) is 20.4 Å². The lowest BCUT2D eigenvalue weighted by Crippen LogP contribution is -1.97. The van der Waals surface area contributed by atoms with Crippen LogP contribution in [0.4, 0.5) is 0 Å². The quantitative estimate of drug-likeness (QED) is 0.445. The minimum absolute atomic E-state index is 0.905. The summed E-state index contributed by atoms with van der Waals surface area (Å²) in [5.74, 6) is 0. The number of hydrogen-bond donors (Lipinski definition) is 1. The molecular weight excluding hydrogens is 112 g/mol. The van der Waals surface area contributed by atoms with Crippen molar-refractivity contribution in [3.63, 3.8) is 0 Å². The van der Waals surface area contributed by atoms with Crippen molar-refractivity contribution in [2.75, 3.05) is 7.05 Å². The van der Waals surface area contributed by atoms with E-state index in [1.807, 2.05) is 20.8 Å². The van der Waals surface area contributed by atoms with Crippen LogP contribution in [0.15, 0.2) is 17.8 Å². The van der Waals surface area contributed by atoms with Crippen LogP contribution in [0.5, 0.6) is 0 Å². The summed E-state index contributed by atoms with van der Waals surface area (Å²) in [6.45, 7) is 9.39. The number of nitrogens with zero attached hydrogens (tertiary/aromatic N) is 1. The number of hydrogen-bond acceptors (Lipinski definition) is 2. The molecule has 1 N–H and O–H groups in total. The molecular formula is C7H16N2. The fourth-order valence-corrected chi connectivity index (χ4v) is 0.222. The molecule has 0 aliphatic carbocycles. The normalized spacial score (nSPS) is 9.11. The van der Waals surface area contributed by atoms with Crippen LogP contribution in [-0.2, 0) is 0 Å². The molecule has 0 radical (unpaired) electrons. The third-order valence-electron chi connectivity index (χ3n) is 0.584. The van der Waals surface area contributed by atoms with Crippen molar-refractivity contribution < 1.29 is 0 Å². The standard InChI is InChI=1S/C5H10N2.C2H6/c1-4-5(2)7-6-3;1-2/h4,6H,1H2,2-3H3;1-2H3/b7-5+;. The predicted octanol–water partition coefficient (Wildman–Crippen LogP) is 1.79. The average molecular weight is 128 g/mol. The van der Waals surface area contributed by atoms with Gasteiger partial charge in [0.25, 0.3) is 0 Å². The SMILES string of the molecule is C=C/C(C)=N/NC.CC. The van der Waals surface area contributed by atoms with Gasteiger partial charge in [0.15, 0.2) is 0 Å². The van der Waals surface area contributed by atoms with Gasteiger partial charge < -0.3 is 5.43 Å². The first-order valence-electron chi connectivity index (χ1n) is 3.14. The van der Waals surface area contributed by atoms with Crippen molar-refractivity contribution in [3.8, 4) is 0 Å². The van der Waals surface area contributed by atoms with Gasteiger partial charge in [-0.25, -0.2) is 0 Å². The van der Waals surface area contributed by atoms with Crippen molar-refractivity contribution in [2.24, 2.45) is 5.10 Å². The number of hydrazone groups is 1. The van der Waals surface area contributed by atoms with Gasteiger partial charge in [-0.2, -0.15) is 5.10 Å². The highest BCUT2D eigenvalue weighted by Gasteiger charge is 1.72. The Morgan fingerprint density at radius 1 is 1.56 bits per heavy atom. The number of nitrogens with one attached hydrogen (secondary N) is 1. The van der Waals surface area contributed by atoms with E-state index in [4.69, 9.17) is 0 Å². The first kappa shape index (κ1) is 11.1. The lowest BCUT2D eigenvalue weighted by molar-refractivity contribution is 0.901.